The van der Waals surface area contributed by atoms with Crippen molar-refractivity contribution in [2.24, 2.45) is 0 Å². The third-order valence-corrected chi connectivity index (χ3v) is 9.16. The number of rotatable bonds is 5. The van der Waals surface area contributed by atoms with Gasteiger partial charge >= 0.3 is 6.03 Å². The highest BCUT2D eigenvalue weighted by molar-refractivity contribution is 6.30. The number of aromatic nitrogens is 2. The van der Waals surface area contributed by atoms with Gasteiger partial charge in [-0.15, -0.1) is 5.10 Å². The number of piperazine rings is 1. The van der Waals surface area contributed by atoms with Crippen molar-refractivity contribution in [1.82, 2.24) is 24.5 Å². The number of amides is 2. The van der Waals surface area contributed by atoms with Crippen LogP contribution < -0.4 is 10.2 Å². The number of hydrogen-bond donors (Lipinski definition) is 1. The maximum absolute atomic E-state index is 13.1. The molecule has 4 aliphatic rings. The highest BCUT2D eigenvalue weighted by Gasteiger charge is 2.44. The molecule has 38 heavy (non-hydrogen) atoms. The number of nitrogens with zero attached hydrogens (tertiary/aromatic N) is 6. The lowest BCUT2D eigenvalue weighted by Crippen LogP contribution is -2.53. The van der Waals surface area contributed by atoms with Gasteiger partial charge in [0.05, 0.1) is 0 Å². The highest BCUT2D eigenvalue weighted by atomic mass is 35.5. The Bertz CT molecular complexity index is 1180. The fourth-order valence-corrected chi connectivity index (χ4v) is 6.85. The molecular formula is C28H38ClN7O2. The first-order valence-corrected chi connectivity index (χ1v) is 14.4. The molecule has 2 aromatic rings. The molecule has 0 unspecified atom stereocenters. The molecule has 3 aliphatic heterocycles. The van der Waals surface area contributed by atoms with E-state index in [0.29, 0.717) is 18.9 Å². The van der Waals surface area contributed by atoms with Crippen LogP contribution in [0.3, 0.4) is 0 Å². The van der Waals surface area contributed by atoms with Gasteiger partial charge in [0.2, 0.25) is 5.91 Å². The molecule has 0 atom stereocenters. The molecule has 4 heterocycles. The summed E-state index contributed by atoms with van der Waals surface area (Å²) in [5.41, 5.74) is 2.77. The van der Waals surface area contributed by atoms with Gasteiger partial charge in [-0.25, -0.2) is 4.79 Å². The second-order valence-corrected chi connectivity index (χ2v) is 11.8. The second kappa shape index (κ2) is 10.5. The van der Waals surface area contributed by atoms with E-state index in [0.717, 1.165) is 63.2 Å². The van der Waals surface area contributed by atoms with Crippen LogP contribution in [0.25, 0.3) is 0 Å². The fraction of sp³-hybridized carbons (Fsp3) is 0.607. The van der Waals surface area contributed by atoms with Gasteiger partial charge in [-0.2, -0.15) is 4.68 Å². The monoisotopic (exact) mass is 539 g/mol. The smallest absolute Gasteiger partial charge is 0.344 e. The Morgan fingerprint density at radius 2 is 1.79 bits per heavy atom. The van der Waals surface area contributed by atoms with Crippen LogP contribution in [0.4, 0.5) is 16.3 Å². The first kappa shape index (κ1) is 25.6. The summed E-state index contributed by atoms with van der Waals surface area (Å²) in [7, 11) is 0. The number of piperidine rings is 1. The average molecular weight is 540 g/mol. The molecule has 6 rings (SSSR count). The molecular weight excluding hydrogens is 502 g/mol. The molecule has 4 fully saturated rings. The summed E-state index contributed by atoms with van der Waals surface area (Å²) in [5.74, 6) is 0.197. The van der Waals surface area contributed by atoms with E-state index in [2.05, 4.69) is 37.2 Å². The summed E-state index contributed by atoms with van der Waals surface area (Å²) in [4.78, 5) is 34.1. The van der Waals surface area contributed by atoms with Crippen LogP contribution in [0, 0.1) is 0 Å². The molecule has 1 aliphatic carbocycles. The predicted molar refractivity (Wildman–Crippen MR) is 149 cm³/mol. The number of hydrogen-bond acceptors (Lipinski definition) is 6. The van der Waals surface area contributed by atoms with E-state index in [-0.39, 0.29) is 17.5 Å². The van der Waals surface area contributed by atoms with E-state index >= 15 is 0 Å². The van der Waals surface area contributed by atoms with Gasteiger partial charge in [-0.05, 0) is 62.8 Å². The Hall–Kier alpha value is -2.62. The van der Waals surface area contributed by atoms with Crippen molar-refractivity contribution in [1.29, 1.82) is 0 Å². The predicted octanol–water partition coefficient (Wildman–Crippen LogP) is 3.88. The molecule has 0 radical (unpaired) electrons. The lowest BCUT2D eigenvalue weighted by Gasteiger charge is -2.45. The van der Waals surface area contributed by atoms with Crippen LogP contribution in [0.2, 0.25) is 5.02 Å². The third-order valence-electron chi connectivity index (χ3n) is 8.92. The largest absolute Gasteiger partial charge is 0.369 e. The molecule has 0 bridgehead atoms. The zero-order valence-electron chi connectivity index (χ0n) is 22.2. The van der Waals surface area contributed by atoms with Crippen molar-refractivity contribution in [2.45, 2.75) is 63.6 Å². The highest BCUT2D eigenvalue weighted by Crippen LogP contribution is 2.41. The standard InChI is InChI=1S/C28H38ClN7O2/c1-21(37)30-26-7-12-36(31-26)27(38)34-13-9-28(10-14-34)8-2-11-35(28)20-22-3-4-23(29)19-25(22)33-17-15-32(16-18-33)24-5-6-24/h3-4,7,12,19,24H,2,5-6,8-11,13-18,20H2,1H3,(H,30,31,37). The number of halogens is 1. The second-order valence-electron chi connectivity index (χ2n) is 11.4. The Morgan fingerprint density at radius 3 is 2.50 bits per heavy atom. The topological polar surface area (TPSA) is 77.0 Å². The minimum atomic E-state index is -0.201. The quantitative estimate of drug-likeness (QED) is 0.621. The maximum Gasteiger partial charge on any atom is 0.344 e. The zero-order chi connectivity index (χ0) is 26.3. The van der Waals surface area contributed by atoms with E-state index in [1.165, 1.54) is 48.5 Å². The molecule has 1 saturated carbocycles. The molecule has 1 aromatic heterocycles. The molecule has 2 amide bonds. The van der Waals surface area contributed by atoms with E-state index in [1.807, 2.05) is 11.0 Å². The third kappa shape index (κ3) is 5.28. The molecule has 204 valence electrons. The number of nitrogens with one attached hydrogen (secondary N) is 1. The lowest BCUT2D eigenvalue weighted by atomic mass is 9.84. The summed E-state index contributed by atoms with van der Waals surface area (Å²) in [6.07, 6.45) is 8.63. The van der Waals surface area contributed by atoms with Gasteiger partial charge in [0, 0.05) is 87.3 Å². The van der Waals surface area contributed by atoms with Crippen molar-refractivity contribution in [3.05, 3.63) is 41.0 Å². The summed E-state index contributed by atoms with van der Waals surface area (Å²) in [6, 6.07) is 8.76. The summed E-state index contributed by atoms with van der Waals surface area (Å²) in [6.45, 7) is 9.25. The van der Waals surface area contributed by atoms with Crippen molar-refractivity contribution < 1.29 is 9.59 Å². The van der Waals surface area contributed by atoms with Gasteiger partial charge in [-0.1, -0.05) is 17.7 Å². The molecule has 9 nitrogen and oxygen atoms in total. The molecule has 1 N–H and O–H groups in total. The first-order valence-electron chi connectivity index (χ1n) is 14.1. The number of anilines is 2. The minimum Gasteiger partial charge on any atom is -0.369 e. The SMILES string of the molecule is CC(=O)Nc1ccn(C(=O)N2CCC3(CCCN3Cc3ccc(Cl)cc3N3CCN(C4CC4)CC3)CC2)n1. The van der Waals surface area contributed by atoms with E-state index in [9.17, 15) is 9.59 Å². The van der Waals surface area contributed by atoms with Gasteiger partial charge in [-0.3, -0.25) is 14.6 Å². The Kier molecular flexibility index (Phi) is 7.09. The Balaban J connectivity index is 1.11. The molecule has 1 spiro atoms. The van der Waals surface area contributed by atoms with Crippen molar-refractivity contribution in [3.63, 3.8) is 0 Å². The minimum absolute atomic E-state index is 0.129. The van der Waals surface area contributed by atoms with E-state index in [1.54, 1.807) is 12.3 Å². The van der Waals surface area contributed by atoms with Crippen LogP contribution in [0.5, 0.6) is 0 Å². The van der Waals surface area contributed by atoms with Crippen LogP contribution in [0.1, 0.15) is 51.0 Å². The number of benzene rings is 1. The van der Waals surface area contributed by atoms with Gasteiger partial charge in [0.1, 0.15) is 0 Å². The summed E-state index contributed by atoms with van der Waals surface area (Å²) in [5, 5.41) is 7.66. The van der Waals surface area contributed by atoms with Gasteiger partial charge < -0.3 is 15.1 Å². The first-order chi connectivity index (χ1) is 18.4. The summed E-state index contributed by atoms with van der Waals surface area (Å²) < 4.78 is 1.33. The number of carbonyl (C=O) groups is 2. The molecule has 1 aromatic carbocycles. The lowest BCUT2D eigenvalue weighted by molar-refractivity contribution is -0.114. The normalized spacial score (nSPS) is 22.3. The average Bonchev–Trinajstić information content (AvgIpc) is 3.56. The summed E-state index contributed by atoms with van der Waals surface area (Å²) >= 11 is 6.49. The number of likely N-dealkylation sites (tertiary alicyclic amines) is 2. The zero-order valence-corrected chi connectivity index (χ0v) is 23.0. The Morgan fingerprint density at radius 1 is 1.03 bits per heavy atom. The van der Waals surface area contributed by atoms with Crippen LogP contribution in [-0.4, -0.2) is 93.8 Å². The maximum atomic E-state index is 13.1. The fourth-order valence-electron chi connectivity index (χ4n) is 6.68. The van der Waals surface area contributed by atoms with Crippen LogP contribution in [0.15, 0.2) is 30.5 Å². The van der Waals surface area contributed by atoms with Crippen molar-refractivity contribution in [2.75, 3.05) is 56.0 Å². The number of carbonyl (C=O) groups excluding carboxylic acids is 2. The molecule has 3 saturated heterocycles. The van der Waals surface area contributed by atoms with Crippen molar-refractivity contribution >= 4 is 35.0 Å². The van der Waals surface area contributed by atoms with Gasteiger partial charge in [0.15, 0.2) is 5.82 Å². The van der Waals surface area contributed by atoms with E-state index < -0.39 is 0 Å². The van der Waals surface area contributed by atoms with Crippen LogP contribution >= 0.6 is 11.6 Å². The van der Waals surface area contributed by atoms with Gasteiger partial charge in [0.25, 0.3) is 0 Å². The molecule has 10 heteroatoms. The van der Waals surface area contributed by atoms with Crippen LogP contribution in [-0.2, 0) is 11.3 Å². The van der Waals surface area contributed by atoms with E-state index in [4.69, 9.17) is 11.6 Å². The van der Waals surface area contributed by atoms with Crippen molar-refractivity contribution in [3.8, 4) is 0 Å². The Labute approximate surface area is 229 Å².